The van der Waals surface area contributed by atoms with Crippen molar-refractivity contribution in [1.29, 1.82) is 0 Å². The summed E-state index contributed by atoms with van der Waals surface area (Å²) < 4.78 is 0. The van der Waals surface area contributed by atoms with Crippen molar-refractivity contribution in [3.05, 3.63) is 83.4 Å². The van der Waals surface area contributed by atoms with E-state index in [9.17, 15) is 0 Å². The zero-order valence-electron chi connectivity index (χ0n) is 10.6. The van der Waals surface area contributed by atoms with Crippen molar-refractivity contribution < 1.29 is 0 Å². The van der Waals surface area contributed by atoms with E-state index in [-0.39, 0.29) is 0 Å². The van der Waals surface area contributed by atoms with Crippen molar-refractivity contribution in [1.82, 2.24) is 0 Å². The van der Waals surface area contributed by atoms with Crippen LogP contribution in [0.25, 0.3) is 11.1 Å². The van der Waals surface area contributed by atoms with Crippen LogP contribution in [0.2, 0.25) is 0 Å². The van der Waals surface area contributed by atoms with Crippen LogP contribution in [0.4, 0.5) is 0 Å². The molecule has 2 aromatic rings. The lowest BCUT2D eigenvalue weighted by Crippen LogP contribution is -1.85. The molecule has 1 aliphatic carbocycles. The van der Waals surface area contributed by atoms with Crippen molar-refractivity contribution in [2.45, 2.75) is 13.3 Å². The van der Waals surface area contributed by atoms with Crippen LogP contribution in [0, 0.1) is 6.92 Å². The van der Waals surface area contributed by atoms with E-state index >= 15 is 0 Å². The molecule has 0 radical (unpaired) electrons. The summed E-state index contributed by atoms with van der Waals surface area (Å²) in [5.41, 5.74) is 6.80. The van der Waals surface area contributed by atoms with E-state index in [0.29, 0.717) is 0 Å². The molecule has 0 N–H and O–H groups in total. The van der Waals surface area contributed by atoms with E-state index in [0.717, 1.165) is 6.42 Å². The number of benzene rings is 2. The fourth-order valence-electron chi connectivity index (χ4n) is 2.34. The first kappa shape index (κ1) is 11.0. The van der Waals surface area contributed by atoms with Gasteiger partial charge in [0, 0.05) is 0 Å². The summed E-state index contributed by atoms with van der Waals surface area (Å²) in [6.07, 6.45) is 5.52. The number of hydrogen-bond donors (Lipinski definition) is 0. The third kappa shape index (κ3) is 2.14. The van der Waals surface area contributed by atoms with Crippen molar-refractivity contribution in [3.63, 3.8) is 0 Å². The van der Waals surface area contributed by atoms with Gasteiger partial charge in [-0.15, -0.1) is 0 Å². The molecule has 0 unspecified atom stereocenters. The van der Waals surface area contributed by atoms with Crippen LogP contribution in [0.3, 0.4) is 0 Å². The zero-order chi connectivity index (χ0) is 12.4. The summed E-state index contributed by atoms with van der Waals surface area (Å²) in [5.74, 6) is 0. The molecule has 88 valence electrons. The maximum absolute atomic E-state index is 2.24. The Labute approximate surface area is 108 Å². The molecule has 0 amide bonds. The van der Waals surface area contributed by atoms with Crippen LogP contribution in [-0.4, -0.2) is 0 Å². The van der Waals surface area contributed by atoms with Gasteiger partial charge in [-0.05, 0) is 35.6 Å². The quantitative estimate of drug-likeness (QED) is 0.693. The van der Waals surface area contributed by atoms with Gasteiger partial charge in [-0.25, -0.2) is 0 Å². The van der Waals surface area contributed by atoms with E-state index in [4.69, 9.17) is 0 Å². The Morgan fingerprint density at radius 1 is 0.667 bits per heavy atom. The molecule has 0 aromatic heterocycles. The molecule has 0 fully saturated rings. The summed E-state index contributed by atoms with van der Waals surface area (Å²) in [6, 6.07) is 19.4. The molecule has 0 spiro atoms. The van der Waals surface area contributed by atoms with Crippen LogP contribution in [0.15, 0.2) is 66.7 Å². The fraction of sp³-hybridized carbons (Fsp3) is 0.111. The molecule has 0 bridgehead atoms. The molecule has 1 aliphatic rings. The Morgan fingerprint density at radius 3 is 1.83 bits per heavy atom. The molecule has 0 saturated carbocycles. The second-order valence-electron chi connectivity index (χ2n) is 4.79. The Morgan fingerprint density at radius 2 is 1.22 bits per heavy atom. The molecule has 0 atom stereocenters. The molecule has 2 aromatic carbocycles. The summed E-state index contributed by atoms with van der Waals surface area (Å²) >= 11 is 0. The lowest BCUT2D eigenvalue weighted by atomic mass is 9.98. The first-order valence-corrected chi connectivity index (χ1v) is 6.35. The average Bonchev–Trinajstić information content (AvgIpc) is 2.90. The molecule has 0 heterocycles. The lowest BCUT2D eigenvalue weighted by molar-refractivity contribution is 1.39. The first-order valence-electron chi connectivity index (χ1n) is 6.35. The topological polar surface area (TPSA) is 0 Å². The van der Waals surface area contributed by atoms with Gasteiger partial charge in [0.25, 0.3) is 0 Å². The SMILES string of the molecule is Cc1ccc(C2=CC=C(c3ccccc3)C2)cc1. The fourth-order valence-corrected chi connectivity index (χ4v) is 2.34. The second-order valence-corrected chi connectivity index (χ2v) is 4.79. The standard InChI is InChI=1S/C18H16/c1-14-7-9-16(10-8-14)18-12-11-17(13-18)15-5-3-2-4-6-15/h2-12H,13H2,1H3. The van der Waals surface area contributed by atoms with E-state index in [1.54, 1.807) is 0 Å². The number of hydrogen-bond acceptors (Lipinski definition) is 0. The molecule has 18 heavy (non-hydrogen) atoms. The summed E-state index contributed by atoms with van der Waals surface area (Å²) in [5, 5.41) is 0. The highest BCUT2D eigenvalue weighted by molar-refractivity contribution is 5.86. The minimum atomic E-state index is 1.03. The van der Waals surface area contributed by atoms with Gasteiger partial charge in [-0.3, -0.25) is 0 Å². The maximum Gasteiger partial charge on any atom is -0.00139 e. The molecule has 0 saturated heterocycles. The average molecular weight is 232 g/mol. The number of rotatable bonds is 2. The molecular formula is C18H16. The highest BCUT2D eigenvalue weighted by Gasteiger charge is 2.11. The lowest BCUT2D eigenvalue weighted by Gasteiger charge is -2.06. The normalized spacial score (nSPS) is 14.3. The summed E-state index contributed by atoms with van der Waals surface area (Å²) in [4.78, 5) is 0. The van der Waals surface area contributed by atoms with E-state index in [1.807, 2.05) is 0 Å². The van der Waals surface area contributed by atoms with Gasteiger partial charge >= 0.3 is 0 Å². The molecule has 0 nitrogen and oxygen atoms in total. The monoisotopic (exact) mass is 232 g/mol. The Kier molecular flexibility index (Phi) is 2.85. The smallest absolute Gasteiger partial charge is 0.00139 e. The minimum Gasteiger partial charge on any atom is -0.0622 e. The third-order valence-electron chi connectivity index (χ3n) is 3.43. The maximum atomic E-state index is 2.24. The predicted octanol–water partition coefficient (Wildman–Crippen LogP) is 4.87. The van der Waals surface area contributed by atoms with Gasteiger partial charge in [-0.2, -0.15) is 0 Å². The van der Waals surface area contributed by atoms with Gasteiger partial charge in [0.1, 0.15) is 0 Å². The van der Waals surface area contributed by atoms with Crippen LogP contribution >= 0.6 is 0 Å². The number of allylic oxidation sites excluding steroid dienone is 4. The summed E-state index contributed by atoms with van der Waals surface area (Å²) in [6.45, 7) is 2.13. The zero-order valence-corrected chi connectivity index (χ0v) is 10.6. The number of aryl methyl sites for hydroxylation is 1. The van der Waals surface area contributed by atoms with Crippen LogP contribution in [0.1, 0.15) is 23.1 Å². The van der Waals surface area contributed by atoms with Gasteiger partial charge in [-0.1, -0.05) is 72.3 Å². The van der Waals surface area contributed by atoms with Crippen molar-refractivity contribution in [2.24, 2.45) is 0 Å². The Bertz CT molecular complexity index is 598. The van der Waals surface area contributed by atoms with Crippen LogP contribution < -0.4 is 0 Å². The van der Waals surface area contributed by atoms with Gasteiger partial charge in [0.2, 0.25) is 0 Å². The molecule has 0 heteroatoms. The molecule has 3 rings (SSSR count). The van der Waals surface area contributed by atoms with E-state index < -0.39 is 0 Å². The minimum absolute atomic E-state index is 1.03. The molecular weight excluding hydrogens is 216 g/mol. The van der Waals surface area contributed by atoms with Crippen molar-refractivity contribution >= 4 is 11.1 Å². The summed E-state index contributed by atoms with van der Waals surface area (Å²) in [7, 11) is 0. The van der Waals surface area contributed by atoms with E-state index in [1.165, 1.54) is 27.8 Å². The largest absolute Gasteiger partial charge is 0.0622 e. The highest BCUT2D eigenvalue weighted by Crippen LogP contribution is 2.33. The Hall–Kier alpha value is -2.08. The van der Waals surface area contributed by atoms with Gasteiger partial charge < -0.3 is 0 Å². The predicted molar refractivity (Wildman–Crippen MR) is 78.2 cm³/mol. The van der Waals surface area contributed by atoms with Gasteiger partial charge in [0.05, 0.1) is 0 Å². The first-order chi connectivity index (χ1) is 8.83. The van der Waals surface area contributed by atoms with Crippen LogP contribution in [-0.2, 0) is 0 Å². The molecule has 0 aliphatic heterocycles. The van der Waals surface area contributed by atoms with Crippen LogP contribution in [0.5, 0.6) is 0 Å². The van der Waals surface area contributed by atoms with Crippen molar-refractivity contribution in [2.75, 3.05) is 0 Å². The second kappa shape index (κ2) is 4.66. The van der Waals surface area contributed by atoms with E-state index in [2.05, 4.69) is 73.7 Å². The van der Waals surface area contributed by atoms with Gasteiger partial charge in [0.15, 0.2) is 0 Å². The third-order valence-corrected chi connectivity index (χ3v) is 3.43. The Balaban J connectivity index is 1.80. The highest BCUT2D eigenvalue weighted by atomic mass is 14.2. The van der Waals surface area contributed by atoms with Crippen molar-refractivity contribution in [3.8, 4) is 0 Å².